The van der Waals surface area contributed by atoms with Crippen molar-refractivity contribution in [3.05, 3.63) is 48.0 Å². The maximum Gasteiger partial charge on any atom is 0.286 e. The van der Waals surface area contributed by atoms with Crippen molar-refractivity contribution in [1.82, 2.24) is 0 Å². The molecule has 9 heteroatoms. The van der Waals surface area contributed by atoms with Crippen LogP contribution in [0.2, 0.25) is 0 Å². The molecule has 96 valence electrons. The lowest BCUT2D eigenvalue weighted by Crippen LogP contribution is -2.04. The number of rotatable bonds is 4. The smallest absolute Gasteiger partial charge is 0.258 e. The minimum atomic E-state index is -0.899. The van der Waals surface area contributed by atoms with E-state index in [2.05, 4.69) is 0 Å². The predicted molar refractivity (Wildman–Crippen MR) is 60.5 cm³/mol. The Labute approximate surface area is 100 Å². The van der Waals surface area contributed by atoms with Gasteiger partial charge in [-0.2, -0.15) is 0 Å². The van der Waals surface area contributed by atoms with Gasteiger partial charge in [0.15, 0.2) is 0 Å². The molecule has 0 fully saturated rings. The number of nitro benzene ring substituents is 3. The Bertz CT molecular complexity index is 504. The van der Waals surface area contributed by atoms with Crippen molar-refractivity contribution in [3.63, 3.8) is 0 Å². The third-order valence-corrected chi connectivity index (χ3v) is 2.30. The van der Waals surface area contributed by atoms with Crippen LogP contribution in [-0.4, -0.2) is 14.8 Å². The number of nitro groups is 3. The molecule has 0 unspecified atom stereocenters. The van der Waals surface area contributed by atoms with Crippen LogP contribution in [0.4, 0.5) is 17.1 Å². The van der Waals surface area contributed by atoms with Crippen LogP contribution in [0.1, 0.15) is 25.3 Å². The summed E-state index contributed by atoms with van der Waals surface area (Å²) in [5, 5.41) is 32.3. The van der Waals surface area contributed by atoms with E-state index in [9.17, 15) is 30.3 Å². The van der Waals surface area contributed by atoms with Gasteiger partial charge in [-0.15, -0.1) is 0 Å². The predicted octanol–water partition coefficient (Wildman–Crippen LogP) is 2.53. The number of non-ortho nitro benzene ring substituents is 1. The lowest BCUT2D eigenvalue weighted by atomic mass is 9.98. The molecule has 0 atom stereocenters. The SMILES string of the molecule is CC(C)c1c([N+](=O)[O-])cc([N+](=O)[O-])cc1[N+](=O)[O-]. The zero-order valence-electron chi connectivity index (χ0n) is 9.52. The maximum absolute atomic E-state index is 10.8. The largest absolute Gasteiger partial charge is 0.286 e. The van der Waals surface area contributed by atoms with E-state index in [0.717, 1.165) is 12.1 Å². The van der Waals surface area contributed by atoms with Gasteiger partial charge in [0, 0.05) is 0 Å². The second-order valence-corrected chi connectivity index (χ2v) is 3.82. The van der Waals surface area contributed by atoms with E-state index < -0.39 is 37.7 Å². The summed E-state index contributed by atoms with van der Waals surface area (Å²) >= 11 is 0. The van der Waals surface area contributed by atoms with Crippen LogP contribution in [0.3, 0.4) is 0 Å². The first-order valence-electron chi connectivity index (χ1n) is 4.86. The molecule has 0 N–H and O–H groups in total. The molecule has 0 aliphatic heterocycles. The molecule has 1 aromatic rings. The average Bonchev–Trinajstić information content (AvgIpc) is 2.26. The Kier molecular flexibility index (Phi) is 3.55. The van der Waals surface area contributed by atoms with Crippen molar-refractivity contribution < 1.29 is 14.8 Å². The Morgan fingerprint density at radius 2 is 1.28 bits per heavy atom. The fourth-order valence-electron chi connectivity index (χ4n) is 1.61. The summed E-state index contributed by atoms with van der Waals surface area (Å²) in [6.45, 7) is 3.09. The summed E-state index contributed by atoms with van der Waals surface area (Å²) < 4.78 is 0. The minimum Gasteiger partial charge on any atom is -0.258 e. The fourth-order valence-corrected chi connectivity index (χ4v) is 1.61. The van der Waals surface area contributed by atoms with Crippen LogP contribution < -0.4 is 0 Å². The van der Waals surface area contributed by atoms with Crippen LogP contribution in [0.5, 0.6) is 0 Å². The van der Waals surface area contributed by atoms with E-state index in [4.69, 9.17) is 0 Å². The molecule has 0 aliphatic carbocycles. The van der Waals surface area contributed by atoms with Crippen molar-refractivity contribution in [2.45, 2.75) is 19.8 Å². The van der Waals surface area contributed by atoms with Crippen molar-refractivity contribution >= 4 is 17.1 Å². The molecule has 0 bridgehead atoms. The first-order valence-corrected chi connectivity index (χ1v) is 4.86. The van der Waals surface area contributed by atoms with E-state index in [1.54, 1.807) is 13.8 Å². The molecule has 0 spiro atoms. The molecule has 18 heavy (non-hydrogen) atoms. The highest BCUT2D eigenvalue weighted by molar-refractivity contribution is 5.61. The van der Waals surface area contributed by atoms with E-state index in [1.807, 2.05) is 0 Å². The van der Waals surface area contributed by atoms with Crippen molar-refractivity contribution in [3.8, 4) is 0 Å². The standard InChI is InChI=1S/C9H9N3O6/c1-5(2)9-7(11(15)16)3-6(10(13)14)4-8(9)12(17)18/h3-5H,1-2H3. The number of hydrogen-bond acceptors (Lipinski definition) is 6. The number of hydrogen-bond donors (Lipinski definition) is 0. The van der Waals surface area contributed by atoms with Gasteiger partial charge < -0.3 is 0 Å². The van der Waals surface area contributed by atoms with Gasteiger partial charge in [0.1, 0.15) is 5.56 Å². The maximum atomic E-state index is 10.8. The summed E-state index contributed by atoms with van der Waals surface area (Å²) in [5.41, 5.74) is -2.00. The van der Waals surface area contributed by atoms with E-state index in [0.29, 0.717) is 0 Å². The number of benzene rings is 1. The highest BCUT2D eigenvalue weighted by Gasteiger charge is 2.31. The Balaban J connectivity index is 3.71. The molecule has 0 aliphatic rings. The first kappa shape index (κ1) is 13.5. The number of nitrogens with zero attached hydrogens (tertiary/aromatic N) is 3. The van der Waals surface area contributed by atoms with Crippen LogP contribution in [0, 0.1) is 30.3 Å². The quantitative estimate of drug-likeness (QED) is 0.600. The van der Waals surface area contributed by atoms with Crippen molar-refractivity contribution in [1.29, 1.82) is 0 Å². The summed E-state index contributed by atoms with van der Waals surface area (Å²) in [6.07, 6.45) is 0. The summed E-state index contributed by atoms with van der Waals surface area (Å²) in [7, 11) is 0. The molecule has 0 saturated carbocycles. The van der Waals surface area contributed by atoms with Crippen LogP contribution in [0.15, 0.2) is 12.1 Å². The summed E-state index contributed by atoms with van der Waals surface area (Å²) in [5.74, 6) is -0.494. The second kappa shape index (κ2) is 4.73. The Morgan fingerprint density at radius 1 is 0.889 bits per heavy atom. The third kappa shape index (κ3) is 2.39. The van der Waals surface area contributed by atoms with Gasteiger partial charge >= 0.3 is 0 Å². The molecule has 0 saturated heterocycles. The highest BCUT2D eigenvalue weighted by Crippen LogP contribution is 2.38. The Hall–Kier alpha value is -2.58. The van der Waals surface area contributed by atoms with E-state index in [1.165, 1.54) is 0 Å². The highest BCUT2D eigenvalue weighted by atomic mass is 16.6. The molecule has 0 heterocycles. The first-order chi connectivity index (χ1) is 8.25. The van der Waals surface area contributed by atoms with E-state index >= 15 is 0 Å². The summed E-state index contributed by atoms with van der Waals surface area (Å²) in [6, 6.07) is 1.48. The van der Waals surface area contributed by atoms with Gasteiger partial charge in [-0.25, -0.2) is 0 Å². The normalized spacial score (nSPS) is 10.4. The molecule has 0 aromatic heterocycles. The lowest BCUT2D eigenvalue weighted by molar-refractivity contribution is -0.404. The molecular formula is C9H9N3O6. The van der Waals surface area contributed by atoms with Gasteiger partial charge in [-0.05, 0) is 5.92 Å². The molecule has 1 rings (SSSR count). The van der Waals surface area contributed by atoms with Gasteiger partial charge in [-0.1, -0.05) is 13.8 Å². The fraction of sp³-hybridized carbons (Fsp3) is 0.333. The van der Waals surface area contributed by atoms with Gasteiger partial charge in [0.2, 0.25) is 0 Å². The molecule has 0 radical (unpaired) electrons. The van der Waals surface area contributed by atoms with Crippen LogP contribution in [0.25, 0.3) is 0 Å². The van der Waals surface area contributed by atoms with Crippen LogP contribution in [-0.2, 0) is 0 Å². The second-order valence-electron chi connectivity index (χ2n) is 3.82. The van der Waals surface area contributed by atoms with Gasteiger partial charge in [0.25, 0.3) is 17.1 Å². The zero-order valence-corrected chi connectivity index (χ0v) is 9.52. The Morgan fingerprint density at radius 3 is 1.50 bits per heavy atom. The molecule has 9 nitrogen and oxygen atoms in total. The molecule has 1 aromatic carbocycles. The van der Waals surface area contributed by atoms with Gasteiger partial charge in [0.05, 0.1) is 26.9 Å². The van der Waals surface area contributed by atoms with Crippen LogP contribution >= 0.6 is 0 Å². The van der Waals surface area contributed by atoms with Crippen molar-refractivity contribution in [2.24, 2.45) is 0 Å². The molecule has 0 amide bonds. The minimum absolute atomic E-state index is 0.115. The third-order valence-electron chi connectivity index (χ3n) is 2.30. The average molecular weight is 255 g/mol. The molecular weight excluding hydrogens is 246 g/mol. The van der Waals surface area contributed by atoms with Gasteiger partial charge in [-0.3, -0.25) is 30.3 Å². The topological polar surface area (TPSA) is 129 Å². The monoisotopic (exact) mass is 255 g/mol. The zero-order chi connectivity index (χ0) is 14.0. The summed E-state index contributed by atoms with van der Waals surface area (Å²) in [4.78, 5) is 29.7. The van der Waals surface area contributed by atoms with Crippen molar-refractivity contribution in [2.75, 3.05) is 0 Å². The van der Waals surface area contributed by atoms with E-state index in [-0.39, 0.29) is 5.56 Å². The lowest BCUT2D eigenvalue weighted by Gasteiger charge is -2.07.